The molecule has 3 nitrogen and oxygen atoms in total. The lowest BCUT2D eigenvalue weighted by Crippen LogP contribution is -2.40. The van der Waals surface area contributed by atoms with E-state index in [2.05, 4.69) is 20.9 Å². The van der Waals surface area contributed by atoms with Crippen LogP contribution >= 0.6 is 15.9 Å². The van der Waals surface area contributed by atoms with Gasteiger partial charge in [0.25, 0.3) is 0 Å². The van der Waals surface area contributed by atoms with Gasteiger partial charge in [-0.05, 0) is 34.5 Å². The normalized spacial score (nSPS) is 14.9. The average Bonchev–Trinajstić information content (AvgIpc) is 2.22. The van der Waals surface area contributed by atoms with Gasteiger partial charge in [-0.25, -0.2) is 0 Å². The summed E-state index contributed by atoms with van der Waals surface area (Å²) in [6, 6.07) is 3.82. The van der Waals surface area contributed by atoms with E-state index in [4.69, 9.17) is 5.73 Å². The highest BCUT2D eigenvalue weighted by molar-refractivity contribution is 9.10. The minimum Gasteiger partial charge on any atom is -0.388 e. The van der Waals surface area contributed by atoms with E-state index >= 15 is 0 Å². The van der Waals surface area contributed by atoms with Crippen LogP contribution in [0, 0.1) is 0 Å². The van der Waals surface area contributed by atoms with Gasteiger partial charge in [-0.3, -0.25) is 4.98 Å². The van der Waals surface area contributed by atoms with E-state index in [1.165, 1.54) is 0 Å². The molecule has 1 atom stereocenters. The van der Waals surface area contributed by atoms with E-state index < -0.39 is 5.60 Å². The van der Waals surface area contributed by atoms with Crippen molar-refractivity contribution in [3.63, 3.8) is 0 Å². The van der Waals surface area contributed by atoms with Crippen molar-refractivity contribution in [1.82, 2.24) is 4.98 Å². The lowest BCUT2D eigenvalue weighted by atomic mass is 9.92. The molecular formula is C11H17BrN2O. The molecule has 1 rings (SSSR count). The van der Waals surface area contributed by atoms with E-state index in [9.17, 15) is 5.11 Å². The molecule has 15 heavy (non-hydrogen) atoms. The molecule has 0 spiro atoms. The number of pyridine rings is 1. The number of aliphatic hydroxyl groups is 1. The lowest BCUT2D eigenvalue weighted by Gasteiger charge is -2.25. The van der Waals surface area contributed by atoms with Crippen molar-refractivity contribution in [2.75, 3.05) is 6.54 Å². The zero-order valence-corrected chi connectivity index (χ0v) is 10.5. The fourth-order valence-corrected chi connectivity index (χ4v) is 1.81. The van der Waals surface area contributed by atoms with Gasteiger partial charge in [0.05, 0.1) is 5.60 Å². The second-order valence-corrected chi connectivity index (χ2v) is 4.74. The second kappa shape index (κ2) is 5.58. The van der Waals surface area contributed by atoms with E-state index in [1.54, 1.807) is 6.20 Å². The summed E-state index contributed by atoms with van der Waals surface area (Å²) in [6.07, 6.45) is 3.88. The maximum atomic E-state index is 10.2. The smallest absolute Gasteiger partial charge is 0.0824 e. The number of halogens is 1. The summed E-state index contributed by atoms with van der Waals surface area (Å²) in [7, 11) is 0. The number of rotatable bonds is 5. The predicted molar refractivity (Wildman–Crippen MR) is 64.6 cm³/mol. The summed E-state index contributed by atoms with van der Waals surface area (Å²) < 4.78 is 0.943. The molecule has 0 aliphatic carbocycles. The summed E-state index contributed by atoms with van der Waals surface area (Å²) in [4.78, 5) is 4.23. The minimum atomic E-state index is -0.810. The van der Waals surface area contributed by atoms with Crippen molar-refractivity contribution >= 4 is 15.9 Å². The Bertz CT molecular complexity index is 302. The molecule has 0 saturated carbocycles. The van der Waals surface area contributed by atoms with Gasteiger partial charge in [0.1, 0.15) is 0 Å². The fraction of sp³-hybridized carbons (Fsp3) is 0.545. The molecule has 1 heterocycles. The Morgan fingerprint density at radius 2 is 2.27 bits per heavy atom. The average molecular weight is 273 g/mol. The van der Waals surface area contributed by atoms with Crippen molar-refractivity contribution < 1.29 is 5.11 Å². The third kappa shape index (κ3) is 3.89. The summed E-state index contributed by atoms with van der Waals surface area (Å²) in [5, 5.41) is 10.2. The summed E-state index contributed by atoms with van der Waals surface area (Å²) in [5.74, 6) is 0. The highest BCUT2D eigenvalue weighted by Gasteiger charge is 2.24. The molecule has 1 unspecified atom stereocenters. The first-order valence-corrected chi connectivity index (χ1v) is 5.92. The Labute approximate surface area is 98.8 Å². The van der Waals surface area contributed by atoms with Crippen molar-refractivity contribution in [1.29, 1.82) is 0 Å². The van der Waals surface area contributed by atoms with Crippen molar-refractivity contribution in [2.45, 2.75) is 31.8 Å². The van der Waals surface area contributed by atoms with Gasteiger partial charge in [0.2, 0.25) is 0 Å². The molecule has 0 aromatic carbocycles. The highest BCUT2D eigenvalue weighted by Crippen LogP contribution is 2.18. The van der Waals surface area contributed by atoms with Crippen molar-refractivity contribution in [3.8, 4) is 0 Å². The molecule has 0 bridgehead atoms. The second-order valence-electron chi connectivity index (χ2n) is 3.82. The molecule has 0 amide bonds. The van der Waals surface area contributed by atoms with Crippen LogP contribution in [0.1, 0.15) is 25.5 Å². The van der Waals surface area contributed by atoms with Gasteiger partial charge in [-0.2, -0.15) is 0 Å². The monoisotopic (exact) mass is 272 g/mol. The summed E-state index contributed by atoms with van der Waals surface area (Å²) >= 11 is 3.32. The largest absolute Gasteiger partial charge is 0.388 e. The predicted octanol–water partition coefficient (Wildman–Crippen LogP) is 1.88. The van der Waals surface area contributed by atoms with Gasteiger partial charge in [0, 0.05) is 29.3 Å². The maximum absolute atomic E-state index is 10.2. The topological polar surface area (TPSA) is 59.1 Å². The Balaban J connectivity index is 2.70. The van der Waals surface area contributed by atoms with Crippen LogP contribution in [0.4, 0.5) is 0 Å². The van der Waals surface area contributed by atoms with Crippen LogP contribution < -0.4 is 5.73 Å². The van der Waals surface area contributed by atoms with Gasteiger partial charge in [-0.1, -0.05) is 13.3 Å². The lowest BCUT2D eigenvalue weighted by molar-refractivity contribution is 0.0389. The Hall–Kier alpha value is -0.450. The molecule has 0 saturated heterocycles. The van der Waals surface area contributed by atoms with E-state index in [0.29, 0.717) is 12.8 Å². The van der Waals surface area contributed by atoms with E-state index in [0.717, 1.165) is 16.6 Å². The van der Waals surface area contributed by atoms with Crippen LogP contribution in [0.15, 0.2) is 22.8 Å². The summed E-state index contributed by atoms with van der Waals surface area (Å²) in [5.41, 5.74) is 5.65. The zero-order valence-electron chi connectivity index (χ0n) is 8.91. The van der Waals surface area contributed by atoms with Crippen LogP contribution in [0.5, 0.6) is 0 Å². The van der Waals surface area contributed by atoms with Gasteiger partial charge < -0.3 is 10.8 Å². The Morgan fingerprint density at radius 3 is 2.73 bits per heavy atom. The highest BCUT2D eigenvalue weighted by atomic mass is 79.9. The van der Waals surface area contributed by atoms with Crippen LogP contribution in [-0.4, -0.2) is 22.2 Å². The SMILES string of the molecule is CCCC(O)(CN)Cc1ccc(Br)cn1. The molecule has 0 aliphatic heterocycles. The number of nitrogens with two attached hydrogens (primary N) is 1. The van der Waals surface area contributed by atoms with E-state index in [-0.39, 0.29) is 6.54 Å². The number of aromatic nitrogens is 1. The third-order valence-electron chi connectivity index (χ3n) is 2.39. The van der Waals surface area contributed by atoms with Gasteiger partial charge >= 0.3 is 0 Å². The number of hydrogen-bond donors (Lipinski definition) is 2. The molecule has 84 valence electrons. The molecule has 0 radical (unpaired) electrons. The Morgan fingerprint density at radius 1 is 1.53 bits per heavy atom. The first kappa shape index (κ1) is 12.6. The first-order chi connectivity index (χ1) is 7.09. The van der Waals surface area contributed by atoms with Crippen LogP contribution in [-0.2, 0) is 6.42 Å². The van der Waals surface area contributed by atoms with E-state index in [1.807, 2.05) is 19.1 Å². The maximum Gasteiger partial charge on any atom is 0.0824 e. The van der Waals surface area contributed by atoms with Crippen LogP contribution in [0.25, 0.3) is 0 Å². The van der Waals surface area contributed by atoms with Crippen molar-refractivity contribution in [3.05, 3.63) is 28.5 Å². The first-order valence-electron chi connectivity index (χ1n) is 5.12. The molecular weight excluding hydrogens is 256 g/mol. The van der Waals surface area contributed by atoms with Gasteiger partial charge in [-0.15, -0.1) is 0 Å². The van der Waals surface area contributed by atoms with Gasteiger partial charge in [0.15, 0.2) is 0 Å². The Kier molecular flexibility index (Phi) is 4.70. The number of nitrogens with zero attached hydrogens (tertiary/aromatic N) is 1. The third-order valence-corrected chi connectivity index (χ3v) is 2.86. The molecule has 0 fully saturated rings. The van der Waals surface area contributed by atoms with Crippen LogP contribution in [0.2, 0.25) is 0 Å². The molecule has 4 heteroatoms. The summed E-state index contributed by atoms with van der Waals surface area (Å²) in [6.45, 7) is 2.31. The van der Waals surface area contributed by atoms with Crippen LogP contribution in [0.3, 0.4) is 0 Å². The quantitative estimate of drug-likeness (QED) is 0.861. The molecule has 3 N–H and O–H groups in total. The standard InChI is InChI=1S/C11H17BrN2O/c1-2-5-11(15,8-13)6-10-4-3-9(12)7-14-10/h3-4,7,15H,2,5-6,8,13H2,1H3. The van der Waals surface area contributed by atoms with Crippen molar-refractivity contribution in [2.24, 2.45) is 5.73 Å². The minimum absolute atomic E-state index is 0.276. The molecule has 0 aliphatic rings. The molecule has 1 aromatic heterocycles. The zero-order chi connectivity index (χ0) is 11.3. The number of hydrogen-bond acceptors (Lipinski definition) is 3. The fourth-order valence-electron chi connectivity index (χ4n) is 1.58. The molecule has 1 aromatic rings.